The van der Waals surface area contributed by atoms with Crippen molar-refractivity contribution >= 4 is 23.2 Å². The molecule has 6 heteroatoms. The number of aryl methyl sites for hydroxylation is 1. The lowest BCUT2D eigenvalue weighted by Crippen LogP contribution is -2.25. The molecule has 2 aromatic heterocycles. The fourth-order valence-corrected chi connectivity index (χ4v) is 2.48. The van der Waals surface area contributed by atoms with E-state index >= 15 is 0 Å². The van der Waals surface area contributed by atoms with E-state index in [4.69, 9.17) is 11.6 Å². The van der Waals surface area contributed by atoms with Gasteiger partial charge in [0.1, 0.15) is 5.82 Å². The van der Waals surface area contributed by atoms with Crippen molar-refractivity contribution in [3.05, 3.63) is 64.6 Å². The van der Waals surface area contributed by atoms with E-state index in [-0.39, 0.29) is 5.91 Å². The zero-order valence-corrected chi connectivity index (χ0v) is 12.8. The van der Waals surface area contributed by atoms with Gasteiger partial charge in [-0.05, 0) is 43.2 Å². The first kappa shape index (κ1) is 14.5. The molecule has 0 atom stereocenters. The van der Waals surface area contributed by atoms with Crippen LogP contribution in [0.1, 0.15) is 21.7 Å². The van der Waals surface area contributed by atoms with Gasteiger partial charge < -0.3 is 5.32 Å². The summed E-state index contributed by atoms with van der Waals surface area (Å²) >= 11 is 5.94. The third-order valence-electron chi connectivity index (χ3n) is 3.43. The summed E-state index contributed by atoms with van der Waals surface area (Å²) < 4.78 is 1.84. The van der Waals surface area contributed by atoms with E-state index in [0.29, 0.717) is 22.8 Å². The number of amides is 1. The Morgan fingerprint density at radius 3 is 2.95 bits per heavy atom. The Balaban J connectivity index is 1.63. The summed E-state index contributed by atoms with van der Waals surface area (Å²) in [7, 11) is 0. The van der Waals surface area contributed by atoms with E-state index in [1.807, 2.05) is 35.6 Å². The minimum Gasteiger partial charge on any atom is -0.352 e. The minimum atomic E-state index is -0.120. The smallest absolute Gasteiger partial charge is 0.251 e. The maximum absolute atomic E-state index is 12.2. The van der Waals surface area contributed by atoms with Gasteiger partial charge in [-0.2, -0.15) is 0 Å². The van der Waals surface area contributed by atoms with Crippen LogP contribution in [-0.2, 0) is 6.42 Å². The van der Waals surface area contributed by atoms with Gasteiger partial charge in [-0.25, -0.2) is 0 Å². The van der Waals surface area contributed by atoms with Gasteiger partial charge in [0.15, 0.2) is 5.65 Å². The molecule has 0 aliphatic rings. The van der Waals surface area contributed by atoms with Gasteiger partial charge in [0.25, 0.3) is 5.91 Å². The number of fused-ring (bicyclic) bond motifs is 1. The van der Waals surface area contributed by atoms with Crippen LogP contribution in [0.4, 0.5) is 0 Å². The lowest BCUT2D eigenvalue weighted by Gasteiger charge is -2.06. The highest BCUT2D eigenvalue weighted by molar-refractivity contribution is 6.30. The highest BCUT2D eigenvalue weighted by atomic mass is 35.5. The Morgan fingerprint density at radius 2 is 2.14 bits per heavy atom. The van der Waals surface area contributed by atoms with Crippen LogP contribution in [-0.4, -0.2) is 27.0 Å². The van der Waals surface area contributed by atoms with Crippen molar-refractivity contribution in [2.75, 3.05) is 6.54 Å². The van der Waals surface area contributed by atoms with Crippen LogP contribution in [0.2, 0.25) is 5.02 Å². The standard InChI is InChI=1S/C16H15ClN4O/c1-11-19-20-15-10-13(6-8-21(11)15)16(22)18-7-5-12-3-2-4-14(17)9-12/h2-4,6,8-10H,5,7H2,1H3,(H,18,22). The van der Waals surface area contributed by atoms with Crippen LogP contribution >= 0.6 is 11.6 Å². The molecule has 0 aliphatic heterocycles. The number of halogens is 1. The Bertz CT molecular complexity index is 828. The van der Waals surface area contributed by atoms with Crippen molar-refractivity contribution in [1.82, 2.24) is 19.9 Å². The second-order valence-electron chi connectivity index (χ2n) is 5.03. The molecule has 1 aromatic carbocycles. The normalized spacial score (nSPS) is 10.8. The Morgan fingerprint density at radius 1 is 1.27 bits per heavy atom. The molecule has 3 aromatic rings. The molecule has 0 spiro atoms. The molecule has 5 nitrogen and oxygen atoms in total. The van der Waals surface area contributed by atoms with Crippen LogP contribution in [0.25, 0.3) is 5.65 Å². The van der Waals surface area contributed by atoms with Crippen LogP contribution in [0.15, 0.2) is 42.6 Å². The van der Waals surface area contributed by atoms with E-state index in [1.54, 1.807) is 18.3 Å². The van der Waals surface area contributed by atoms with E-state index in [9.17, 15) is 4.79 Å². The molecule has 0 aliphatic carbocycles. The number of nitrogens with one attached hydrogen (secondary N) is 1. The number of carbonyl (C=O) groups excluding carboxylic acids is 1. The van der Waals surface area contributed by atoms with Crippen LogP contribution in [0.3, 0.4) is 0 Å². The van der Waals surface area contributed by atoms with E-state index in [2.05, 4.69) is 15.5 Å². The summed E-state index contributed by atoms with van der Waals surface area (Å²) in [4.78, 5) is 12.2. The molecule has 0 saturated heterocycles. The Kier molecular flexibility index (Phi) is 4.06. The molecule has 1 N–H and O–H groups in total. The number of rotatable bonds is 4. The largest absolute Gasteiger partial charge is 0.352 e. The first-order valence-electron chi connectivity index (χ1n) is 6.97. The molecule has 0 unspecified atom stereocenters. The quantitative estimate of drug-likeness (QED) is 0.805. The van der Waals surface area contributed by atoms with Gasteiger partial charge >= 0.3 is 0 Å². The summed E-state index contributed by atoms with van der Waals surface area (Å²) in [5.74, 6) is 0.674. The fourth-order valence-electron chi connectivity index (χ4n) is 2.27. The van der Waals surface area contributed by atoms with E-state index < -0.39 is 0 Å². The maximum Gasteiger partial charge on any atom is 0.251 e. The van der Waals surface area contributed by atoms with Gasteiger partial charge in [0, 0.05) is 23.3 Å². The average molecular weight is 315 g/mol. The Hall–Kier alpha value is -2.40. The van der Waals surface area contributed by atoms with Crippen molar-refractivity contribution in [2.24, 2.45) is 0 Å². The molecular formula is C16H15ClN4O. The summed E-state index contributed by atoms with van der Waals surface area (Å²) in [6.45, 7) is 2.42. The SMILES string of the molecule is Cc1nnc2cc(C(=O)NCCc3cccc(Cl)c3)ccn12. The van der Waals surface area contributed by atoms with Crippen molar-refractivity contribution in [3.8, 4) is 0 Å². The summed E-state index contributed by atoms with van der Waals surface area (Å²) in [6, 6.07) is 11.1. The predicted molar refractivity (Wildman–Crippen MR) is 85.2 cm³/mol. The maximum atomic E-state index is 12.2. The molecule has 0 bridgehead atoms. The number of aromatic nitrogens is 3. The number of benzene rings is 1. The Labute approximate surface area is 132 Å². The monoisotopic (exact) mass is 314 g/mol. The molecular weight excluding hydrogens is 300 g/mol. The third kappa shape index (κ3) is 3.09. The first-order valence-corrected chi connectivity index (χ1v) is 7.35. The zero-order valence-electron chi connectivity index (χ0n) is 12.1. The molecule has 1 amide bonds. The predicted octanol–water partition coefficient (Wildman–Crippen LogP) is 2.66. The summed E-state index contributed by atoms with van der Waals surface area (Å²) in [5.41, 5.74) is 2.34. The summed E-state index contributed by atoms with van der Waals surface area (Å²) in [6.07, 6.45) is 2.54. The van der Waals surface area contributed by atoms with Gasteiger partial charge in [0.2, 0.25) is 0 Å². The molecule has 112 valence electrons. The molecule has 22 heavy (non-hydrogen) atoms. The molecule has 2 heterocycles. The second-order valence-corrected chi connectivity index (χ2v) is 5.46. The summed E-state index contributed by atoms with van der Waals surface area (Å²) in [5, 5.41) is 11.6. The van der Waals surface area contributed by atoms with Crippen LogP contribution < -0.4 is 5.32 Å². The lowest BCUT2D eigenvalue weighted by molar-refractivity contribution is 0.0954. The molecule has 0 radical (unpaired) electrons. The third-order valence-corrected chi connectivity index (χ3v) is 3.67. The zero-order chi connectivity index (χ0) is 15.5. The van der Waals surface area contributed by atoms with Gasteiger partial charge in [-0.15, -0.1) is 10.2 Å². The van der Waals surface area contributed by atoms with Crippen LogP contribution in [0.5, 0.6) is 0 Å². The highest BCUT2D eigenvalue weighted by Gasteiger charge is 2.08. The highest BCUT2D eigenvalue weighted by Crippen LogP contribution is 2.11. The van der Waals surface area contributed by atoms with Crippen LogP contribution in [0, 0.1) is 6.92 Å². The van der Waals surface area contributed by atoms with Crippen molar-refractivity contribution < 1.29 is 4.79 Å². The average Bonchev–Trinajstić information content (AvgIpc) is 2.88. The van der Waals surface area contributed by atoms with Gasteiger partial charge in [0.05, 0.1) is 0 Å². The molecule has 3 rings (SSSR count). The number of nitrogens with zero attached hydrogens (tertiary/aromatic N) is 3. The van der Waals surface area contributed by atoms with Gasteiger partial charge in [-0.3, -0.25) is 9.20 Å². The van der Waals surface area contributed by atoms with Gasteiger partial charge in [-0.1, -0.05) is 23.7 Å². The number of hydrogen-bond donors (Lipinski definition) is 1. The topological polar surface area (TPSA) is 59.3 Å². The van der Waals surface area contributed by atoms with E-state index in [0.717, 1.165) is 17.8 Å². The lowest BCUT2D eigenvalue weighted by atomic mass is 10.1. The molecule has 0 fully saturated rings. The number of carbonyl (C=O) groups is 1. The number of pyridine rings is 1. The van der Waals surface area contributed by atoms with Crippen molar-refractivity contribution in [3.63, 3.8) is 0 Å². The van der Waals surface area contributed by atoms with E-state index in [1.165, 1.54) is 0 Å². The second kappa shape index (κ2) is 6.15. The van der Waals surface area contributed by atoms with Crippen molar-refractivity contribution in [2.45, 2.75) is 13.3 Å². The first-order chi connectivity index (χ1) is 10.6. The minimum absolute atomic E-state index is 0.120. The molecule has 0 saturated carbocycles. The number of hydrogen-bond acceptors (Lipinski definition) is 3. The fraction of sp³-hybridized carbons (Fsp3) is 0.188. The van der Waals surface area contributed by atoms with Crippen molar-refractivity contribution in [1.29, 1.82) is 0 Å².